The fourth-order valence-electron chi connectivity index (χ4n) is 2.18. The first kappa shape index (κ1) is 17.6. The second-order valence-electron chi connectivity index (χ2n) is 5.60. The molecule has 0 radical (unpaired) electrons. The van der Waals surface area contributed by atoms with Crippen LogP contribution >= 0.6 is 11.8 Å². The van der Waals surface area contributed by atoms with Crippen LogP contribution in [-0.2, 0) is 14.3 Å². The summed E-state index contributed by atoms with van der Waals surface area (Å²) in [5.74, 6) is 1.10. The van der Waals surface area contributed by atoms with Gasteiger partial charge in [0.15, 0.2) is 5.82 Å². The molecule has 1 amide bonds. The number of thioether (sulfide) groups is 1. The van der Waals surface area contributed by atoms with Gasteiger partial charge in [0.05, 0.1) is 17.6 Å². The van der Waals surface area contributed by atoms with Crippen molar-refractivity contribution in [3.63, 3.8) is 0 Å². The average Bonchev–Trinajstić information content (AvgIpc) is 2.96. The van der Waals surface area contributed by atoms with Gasteiger partial charge >= 0.3 is 5.97 Å². The highest BCUT2D eigenvalue weighted by Gasteiger charge is 2.18. The van der Waals surface area contributed by atoms with Crippen molar-refractivity contribution in [1.82, 2.24) is 5.16 Å². The largest absolute Gasteiger partial charge is 0.465 e. The topological polar surface area (TPSA) is 81.4 Å². The molecule has 0 saturated carbocycles. The van der Waals surface area contributed by atoms with E-state index in [1.165, 1.54) is 11.8 Å². The van der Waals surface area contributed by atoms with Crippen molar-refractivity contribution in [2.45, 2.75) is 38.4 Å². The number of rotatable bonds is 7. The van der Waals surface area contributed by atoms with E-state index in [0.717, 1.165) is 19.3 Å². The van der Waals surface area contributed by atoms with Crippen LogP contribution in [0.25, 0.3) is 0 Å². The predicted molar refractivity (Wildman–Crippen MR) is 89.2 cm³/mol. The van der Waals surface area contributed by atoms with E-state index >= 15 is 0 Å². The number of nitrogens with one attached hydrogen (secondary N) is 1. The number of nitrogens with zero attached hydrogens (tertiary/aromatic N) is 1. The molecule has 126 valence electrons. The first-order valence-corrected chi connectivity index (χ1v) is 8.76. The fourth-order valence-corrected chi connectivity index (χ4v) is 2.86. The van der Waals surface area contributed by atoms with E-state index in [1.54, 1.807) is 19.9 Å². The third-order valence-electron chi connectivity index (χ3n) is 3.56. The van der Waals surface area contributed by atoms with Gasteiger partial charge in [-0.15, -0.1) is 11.8 Å². The maximum Gasteiger partial charge on any atom is 0.315 e. The van der Waals surface area contributed by atoms with E-state index in [4.69, 9.17) is 9.26 Å². The van der Waals surface area contributed by atoms with E-state index in [2.05, 4.69) is 22.6 Å². The van der Waals surface area contributed by atoms with Crippen molar-refractivity contribution in [3.05, 3.63) is 24.0 Å². The second kappa shape index (κ2) is 8.76. The Kier molecular flexibility index (Phi) is 6.70. The molecule has 0 spiro atoms. The zero-order valence-electron chi connectivity index (χ0n) is 13.4. The Bertz CT molecular complexity index is 570. The van der Waals surface area contributed by atoms with Crippen LogP contribution in [-0.4, -0.2) is 34.6 Å². The van der Waals surface area contributed by atoms with E-state index in [-0.39, 0.29) is 22.9 Å². The van der Waals surface area contributed by atoms with Crippen LogP contribution in [0, 0.1) is 12.8 Å². The molecule has 1 aromatic heterocycles. The number of ether oxygens (including phenoxy) is 1. The summed E-state index contributed by atoms with van der Waals surface area (Å²) in [4.78, 5) is 23.7. The number of aryl methyl sites for hydroxylation is 1. The van der Waals surface area contributed by atoms with Crippen LogP contribution in [0.2, 0.25) is 0 Å². The lowest BCUT2D eigenvalue weighted by molar-refractivity contribution is -0.141. The Labute approximate surface area is 140 Å². The molecule has 0 aromatic carbocycles. The number of carbonyl (C=O) groups excluding carboxylic acids is 2. The molecule has 1 heterocycles. The first-order chi connectivity index (χ1) is 11.0. The molecule has 1 aromatic rings. The van der Waals surface area contributed by atoms with Gasteiger partial charge in [-0.1, -0.05) is 17.3 Å². The molecular weight excluding hydrogens is 316 g/mol. The van der Waals surface area contributed by atoms with Crippen LogP contribution < -0.4 is 5.32 Å². The van der Waals surface area contributed by atoms with Gasteiger partial charge in [-0.25, -0.2) is 0 Å². The predicted octanol–water partition coefficient (Wildman–Crippen LogP) is 2.94. The Morgan fingerprint density at radius 1 is 1.52 bits per heavy atom. The summed E-state index contributed by atoms with van der Waals surface area (Å²) >= 11 is 1.25. The van der Waals surface area contributed by atoms with Crippen LogP contribution in [0.3, 0.4) is 0 Å². The van der Waals surface area contributed by atoms with Gasteiger partial charge in [0, 0.05) is 6.07 Å². The summed E-state index contributed by atoms with van der Waals surface area (Å²) in [5.41, 5.74) is 0. The summed E-state index contributed by atoms with van der Waals surface area (Å²) in [6.07, 6.45) is 7.37. The lowest BCUT2D eigenvalue weighted by Gasteiger charge is -2.17. The SMILES string of the molecule is Cc1cc(NC(=O)C(C)SCC(=O)OCC2CC=CCC2)no1. The molecule has 0 fully saturated rings. The minimum Gasteiger partial charge on any atom is -0.465 e. The summed E-state index contributed by atoms with van der Waals surface area (Å²) in [5, 5.41) is 5.97. The molecule has 0 bridgehead atoms. The minimum atomic E-state index is -0.378. The van der Waals surface area contributed by atoms with Gasteiger partial charge in [0.2, 0.25) is 5.91 Å². The molecule has 2 rings (SSSR count). The molecule has 6 nitrogen and oxygen atoms in total. The van der Waals surface area contributed by atoms with Gasteiger partial charge in [0.1, 0.15) is 5.76 Å². The number of amides is 1. The van der Waals surface area contributed by atoms with Crippen molar-refractivity contribution < 1.29 is 18.8 Å². The Morgan fingerprint density at radius 3 is 3.00 bits per heavy atom. The van der Waals surface area contributed by atoms with Crippen molar-refractivity contribution in [2.24, 2.45) is 5.92 Å². The Hall–Kier alpha value is -1.76. The van der Waals surface area contributed by atoms with Crippen LogP contribution in [0.15, 0.2) is 22.7 Å². The van der Waals surface area contributed by atoms with Crippen molar-refractivity contribution >= 4 is 29.5 Å². The molecule has 0 saturated heterocycles. The third-order valence-corrected chi connectivity index (χ3v) is 4.67. The number of esters is 1. The number of carbonyl (C=O) groups is 2. The van der Waals surface area contributed by atoms with E-state index in [1.807, 2.05) is 0 Å². The Balaban J connectivity index is 1.64. The molecule has 1 aliphatic rings. The highest BCUT2D eigenvalue weighted by molar-refractivity contribution is 8.01. The Morgan fingerprint density at radius 2 is 2.35 bits per heavy atom. The maximum atomic E-state index is 12.0. The summed E-state index contributed by atoms with van der Waals surface area (Å²) in [6.45, 7) is 3.95. The summed E-state index contributed by atoms with van der Waals surface area (Å²) in [7, 11) is 0. The van der Waals surface area contributed by atoms with Crippen molar-refractivity contribution in [3.8, 4) is 0 Å². The standard InChI is InChI=1S/C16H22N2O4S/c1-11-8-14(18-22-11)17-16(20)12(2)23-10-15(19)21-9-13-6-4-3-5-7-13/h3-4,8,12-13H,5-7,9-10H2,1-2H3,(H,17,18,20). The van der Waals surface area contributed by atoms with Crippen molar-refractivity contribution in [2.75, 3.05) is 17.7 Å². The van der Waals surface area contributed by atoms with E-state index < -0.39 is 0 Å². The van der Waals surface area contributed by atoms with Gasteiger partial charge in [-0.3, -0.25) is 9.59 Å². The highest BCUT2D eigenvalue weighted by atomic mass is 32.2. The normalized spacial score (nSPS) is 18.4. The number of hydrogen-bond acceptors (Lipinski definition) is 6. The number of anilines is 1. The van der Waals surface area contributed by atoms with E-state index in [9.17, 15) is 9.59 Å². The molecule has 0 aliphatic heterocycles. The first-order valence-electron chi connectivity index (χ1n) is 7.71. The highest BCUT2D eigenvalue weighted by Crippen LogP contribution is 2.19. The third kappa shape index (κ3) is 6.09. The van der Waals surface area contributed by atoms with Gasteiger partial charge in [-0.2, -0.15) is 0 Å². The minimum absolute atomic E-state index is 0.162. The number of hydrogen-bond donors (Lipinski definition) is 1. The monoisotopic (exact) mass is 338 g/mol. The zero-order chi connectivity index (χ0) is 16.7. The van der Waals surface area contributed by atoms with Crippen LogP contribution in [0.5, 0.6) is 0 Å². The van der Waals surface area contributed by atoms with Gasteiger partial charge < -0.3 is 14.6 Å². The lowest BCUT2D eigenvalue weighted by atomic mass is 9.95. The quantitative estimate of drug-likeness (QED) is 0.608. The molecular formula is C16H22N2O4S. The van der Waals surface area contributed by atoms with Crippen molar-refractivity contribution in [1.29, 1.82) is 0 Å². The van der Waals surface area contributed by atoms with E-state index in [0.29, 0.717) is 24.1 Å². The zero-order valence-corrected chi connectivity index (χ0v) is 14.2. The molecule has 23 heavy (non-hydrogen) atoms. The fraction of sp³-hybridized carbons (Fsp3) is 0.562. The number of aromatic nitrogens is 1. The second-order valence-corrected chi connectivity index (χ2v) is 6.93. The maximum absolute atomic E-state index is 12.0. The molecule has 7 heteroatoms. The summed E-state index contributed by atoms with van der Waals surface area (Å²) < 4.78 is 10.2. The molecule has 2 unspecified atom stereocenters. The van der Waals surface area contributed by atoms with Crippen LogP contribution in [0.4, 0.5) is 5.82 Å². The number of allylic oxidation sites excluding steroid dienone is 2. The van der Waals surface area contributed by atoms with Gasteiger partial charge in [-0.05, 0) is 39.0 Å². The molecule has 1 N–H and O–H groups in total. The average molecular weight is 338 g/mol. The molecule has 2 atom stereocenters. The smallest absolute Gasteiger partial charge is 0.315 e. The van der Waals surface area contributed by atoms with Crippen LogP contribution in [0.1, 0.15) is 31.9 Å². The lowest BCUT2D eigenvalue weighted by Crippen LogP contribution is -2.24. The van der Waals surface area contributed by atoms with Gasteiger partial charge in [0.25, 0.3) is 0 Å². The summed E-state index contributed by atoms with van der Waals surface area (Å²) in [6, 6.07) is 1.64. The molecule has 1 aliphatic carbocycles.